The van der Waals surface area contributed by atoms with E-state index in [0.29, 0.717) is 0 Å². The molecule has 0 spiro atoms. The number of H-pyrrole nitrogens is 1. The van der Waals surface area contributed by atoms with Gasteiger partial charge in [0.25, 0.3) is 5.56 Å². The first-order valence-electron chi connectivity index (χ1n) is 3.86. The van der Waals surface area contributed by atoms with Crippen LogP contribution in [0.2, 0.25) is 0 Å². The van der Waals surface area contributed by atoms with Gasteiger partial charge < -0.3 is 10.3 Å². The standard InChI is InChI=1S/C7H6F3N3O2S/c1-16-6-12-3(2-4(14)13-6)11-5(15)7(8,9)10/h2H,1H3,(H2,11,12,13,14,15). The highest BCUT2D eigenvalue weighted by Gasteiger charge is 2.38. The second-order valence-corrected chi connectivity index (χ2v) is 3.39. The van der Waals surface area contributed by atoms with Crippen LogP contribution in [0.15, 0.2) is 16.0 Å². The van der Waals surface area contributed by atoms with Gasteiger partial charge in [-0.2, -0.15) is 13.2 Å². The van der Waals surface area contributed by atoms with Crippen LogP contribution in [0.1, 0.15) is 0 Å². The quantitative estimate of drug-likeness (QED) is 0.609. The molecule has 16 heavy (non-hydrogen) atoms. The van der Waals surface area contributed by atoms with Crippen LogP contribution >= 0.6 is 11.8 Å². The van der Waals surface area contributed by atoms with Crippen molar-refractivity contribution in [3.63, 3.8) is 0 Å². The summed E-state index contributed by atoms with van der Waals surface area (Å²) in [5.74, 6) is -2.60. The minimum absolute atomic E-state index is 0.116. The number of thioether (sulfide) groups is 1. The van der Waals surface area contributed by atoms with E-state index in [4.69, 9.17) is 0 Å². The van der Waals surface area contributed by atoms with Gasteiger partial charge >= 0.3 is 12.1 Å². The maximum absolute atomic E-state index is 11.9. The highest BCUT2D eigenvalue weighted by molar-refractivity contribution is 7.98. The molecule has 0 atom stereocenters. The largest absolute Gasteiger partial charge is 0.471 e. The molecule has 1 rings (SSSR count). The molecule has 0 aliphatic carbocycles. The van der Waals surface area contributed by atoms with Crippen LogP contribution in [0, 0.1) is 0 Å². The van der Waals surface area contributed by atoms with E-state index in [1.165, 1.54) is 5.32 Å². The number of hydrogen-bond donors (Lipinski definition) is 2. The Hall–Kier alpha value is -1.51. The fraction of sp³-hybridized carbons (Fsp3) is 0.286. The Labute approximate surface area is 91.5 Å². The van der Waals surface area contributed by atoms with Gasteiger partial charge in [0.05, 0.1) is 0 Å². The number of nitrogens with zero attached hydrogens (tertiary/aromatic N) is 1. The first-order valence-corrected chi connectivity index (χ1v) is 5.09. The van der Waals surface area contributed by atoms with Crippen LogP contribution in [0.5, 0.6) is 0 Å². The van der Waals surface area contributed by atoms with E-state index < -0.39 is 23.5 Å². The maximum atomic E-state index is 11.9. The van der Waals surface area contributed by atoms with Crippen molar-refractivity contribution in [2.24, 2.45) is 0 Å². The topological polar surface area (TPSA) is 74.8 Å². The normalized spacial score (nSPS) is 11.2. The Bertz CT molecular complexity index is 457. The second kappa shape index (κ2) is 4.56. The molecule has 0 aliphatic rings. The van der Waals surface area contributed by atoms with Gasteiger partial charge in [-0.25, -0.2) is 4.98 Å². The molecule has 1 heterocycles. The summed E-state index contributed by atoms with van der Waals surface area (Å²) >= 11 is 1.03. The highest BCUT2D eigenvalue weighted by atomic mass is 32.2. The molecule has 0 bridgehead atoms. The average Bonchev–Trinajstić information content (AvgIpc) is 2.15. The zero-order valence-electron chi connectivity index (χ0n) is 7.88. The molecule has 1 amide bonds. The average molecular weight is 253 g/mol. The van der Waals surface area contributed by atoms with Crippen LogP contribution in [-0.4, -0.2) is 28.3 Å². The molecular weight excluding hydrogens is 247 g/mol. The number of carbonyl (C=O) groups excluding carboxylic acids is 1. The summed E-state index contributed by atoms with van der Waals surface area (Å²) in [5, 5.41) is 1.60. The Kier molecular flexibility index (Phi) is 3.58. The lowest BCUT2D eigenvalue weighted by Gasteiger charge is -2.07. The molecule has 0 saturated heterocycles. The van der Waals surface area contributed by atoms with Crippen molar-refractivity contribution in [2.75, 3.05) is 11.6 Å². The number of nitrogens with one attached hydrogen (secondary N) is 2. The van der Waals surface area contributed by atoms with Gasteiger partial charge in [0.15, 0.2) is 5.16 Å². The fourth-order valence-corrected chi connectivity index (χ4v) is 1.18. The first-order chi connectivity index (χ1) is 7.32. The predicted octanol–water partition coefficient (Wildman–Crippen LogP) is 0.993. The van der Waals surface area contributed by atoms with Crippen molar-refractivity contribution in [3.05, 3.63) is 16.4 Å². The summed E-state index contributed by atoms with van der Waals surface area (Å²) in [6.07, 6.45) is -3.43. The molecule has 0 radical (unpaired) electrons. The summed E-state index contributed by atoms with van der Waals surface area (Å²) in [5.41, 5.74) is -0.642. The summed E-state index contributed by atoms with van der Waals surface area (Å²) in [4.78, 5) is 27.4. The molecule has 0 saturated carbocycles. The van der Waals surface area contributed by atoms with Gasteiger partial charge in [0, 0.05) is 6.07 Å². The molecule has 0 aliphatic heterocycles. The Morgan fingerprint density at radius 2 is 2.19 bits per heavy atom. The third-order valence-electron chi connectivity index (χ3n) is 1.41. The molecule has 0 unspecified atom stereocenters. The molecule has 1 aromatic heterocycles. The minimum atomic E-state index is -5.01. The third-order valence-corrected chi connectivity index (χ3v) is 1.99. The van der Waals surface area contributed by atoms with Crippen molar-refractivity contribution in [2.45, 2.75) is 11.3 Å². The lowest BCUT2D eigenvalue weighted by molar-refractivity contribution is -0.167. The Morgan fingerprint density at radius 1 is 1.56 bits per heavy atom. The molecule has 0 fully saturated rings. The lowest BCUT2D eigenvalue weighted by Crippen LogP contribution is -2.31. The predicted molar refractivity (Wildman–Crippen MR) is 51.3 cm³/mol. The highest BCUT2D eigenvalue weighted by Crippen LogP contribution is 2.17. The van der Waals surface area contributed by atoms with Gasteiger partial charge in [-0.05, 0) is 6.26 Å². The van der Waals surface area contributed by atoms with Crippen molar-refractivity contribution >= 4 is 23.5 Å². The SMILES string of the molecule is CSc1nc(NC(=O)C(F)(F)F)cc(=O)[nH]1. The van der Waals surface area contributed by atoms with Crippen molar-refractivity contribution in [1.29, 1.82) is 0 Å². The van der Waals surface area contributed by atoms with Crippen molar-refractivity contribution in [1.82, 2.24) is 9.97 Å². The second-order valence-electron chi connectivity index (χ2n) is 2.59. The summed E-state index contributed by atoms with van der Waals surface area (Å²) in [6.45, 7) is 0. The van der Waals surface area contributed by atoms with E-state index >= 15 is 0 Å². The van der Waals surface area contributed by atoms with Gasteiger partial charge in [0.2, 0.25) is 0 Å². The van der Waals surface area contributed by atoms with Gasteiger partial charge in [-0.15, -0.1) is 0 Å². The Morgan fingerprint density at radius 3 is 2.69 bits per heavy atom. The van der Waals surface area contributed by atoms with Gasteiger partial charge in [-0.3, -0.25) is 9.59 Å². The lowest BCUT2D eigenvalue weighted by atomic mass is 10.5. The molecule has 1 aromatic rings. The smallest absolute Gasteiger partial charge is 0.303 e. The number of amides is 1. The molecular formula is C7H6F3N3O2S. The summed E-state index contributed by atoms with van der Waals surface area (Å²) in [7, 11) is 0. The number of anilines is 1. The van der Waals surface area contributed by atoms with E-state index in [0.717, 1.165) is 17.8 Å². The van der Waals surface area contributed by atoms with E-state index in [1.807, 2.05) is 0 Å². The van der Waals surface area contributed by atoms with Crippen LogP contribution in [0.4, 0.5) is 19.0 Å². The molecule has 9 heteroatoms. The van der Waals surface area contributed by atoms with E-state index in [2.05, 4.69) is 9.97 Å². The van der Waals surface area contributed by atoms with Crippen molar-refractivity contribution in [3.8, 4) is 0 Å². The van der Waals surface area contributed by atoms with Crippen LogP contribution in [0.25, 0.3) is 0 Å². The molecule has 0 aromatic carbocycles. The van der Waals surface area contributed by atoms with E-state index in [-0.39, 0.29) is 5.16 Å². The fourth-order valence-electron chi connectivity index (χ4n) is 0.783. The number of aromatic amines is 1. The van der Waals surface area contributed by atoms with Crippen LogP contribution < -0.4 is 10.9 Å². The number of hydrogen-bond acceptors (Lipinski definition) is 4. The first kappa shape index (κ1) is 12.6. The number of halogens is 3. The number of carbonyl (C=O) groups is 1. The van der Waals surface area contributed by atoms with Crippen molar-refractivity contribution < 1.29 is 18.0 Å². The monoisotopic (exact) mass is 253 g/mol. The van der Waals surface area contributed by atoms with E-state index in [9.17, 15) is 22.8 Å². The van der Waals surface area contributed by atoms with Gasteiger partial charge in [0.1, 0.15) is 5.82 Å². The van der Waals surface area contributed by atoms with Crippen LogP contribution in [0.3, 0.4) is 0 Å². The summed E-state index contributed by atoms with van der Waals surface area (Å²) in [6, 6.07) is 0.767. The number of rotatable bonds is 2. The molecule has 2 N–H and O–H groups in total. The zero-order valence-corrected chi connectivity index (χ0v) is 8.70. The number of alkyl halides is 3. The van der Waals surface area contributed by atoms with Crippen LogP contribution in [-0.2, 0) is 4.79 Å². The van der Waals surface area contributed by atoms with Gasteiger partial charge in [-0.1, -0.05) is 11.8 Å². The Balaban J connectivity index is 2.94. The zero-order chi connectivity index (χ0) is 12.3. The molecule has 5 nitrogen and oxygen atoms in total. The number of aromatic nitrogens is 2. The third kappa shape index (κ3) is 3.26. The minimum Gasteiger partial charge on any atom is -0.303 e. The summed E-state index contributed by atoms with van der Waals surface area (Å²) < 4.78 is 35.7. The van der Waals surface area contributed by atoms with E-state index in [1.54, 1.807) is 6.26 Å². The maximum Gasteiger partial charge on any atom is 0.471 e. The molecule has 88 valence electrons.